The molecule has 1 aliphatic rings. The molecule has 0 atom stereocenters. The largest absolute Gasteiger partial charge is 0.330 e. The maximum Gasteiger partial charge on any atom is 0.000661 e. The summed E-state index contributed by atoms with van der Waals surface area (Å²) < 4.78 is 0. The summed E-state index contributed by atoms with van der Waals surface area (Å²) in [7, 11) is 2.27. The van der Waals surface area contributed by atoms with E-state index in [1.807, 2.05) is 0 Å². The molecule has 1 fully saturated rings. The van der Waals surface area contributed by atoms with Gasteiger partial charge in [0.15, 0.2) is 0 Å². The molecule has 2 nitrogen and oxygen atoms in total. The van der Waals surface area contributed by atoms with Gasteiger partial charge in [-0.3, -0.25) is 0 Å². The summed E-state index contributed by atoms with van der Waals surface area (Å²) in [6.07, 6.45) is 8.30. The fourth-order valence-corrected chi connectivity index (χ4v) is 2.29. The molecule has 0 amide bonds. The van der Waals surface area contributed by atoms with E-state index < -0.39 is 0 Å². The first-order valence-electron chi connectivity index (χ1n) is 6.92. The highest BCUT2D eigenvalue weighted by molar-refractivity contribution is 4.73. The quantitative estimate of drug-likeness (QED) is 0.645. The first-order chi connectivity index (χ1) is 7.53. The van der Waals surface area contributed by atoms with Crippen molar-refractivity contribution in [3.05, 3.63) is 0 Å². The van der Waals surface area contributed by atoms with Gasteiger partial charge in [0.05, 0.1) is 0 Å². The Kier molecular flexibility index (Phi) is 5.77. The maximum absolute atomic E-state index is 5.73. The lowest BCUT2D eigenvalue weighted by Gasteiger charge is -2.30. The van der Waals surface area contributed by atoms with Gasteiger partial charge in [0.1, 0.15) is 0 Å². The van der Waals surface area contributed by atoms with Crippen LogP contribution in [0.1, 0.15) is 52.4 Å². The molecular formula is C14H30N2. The zero-order valence-corrected chi connectivity index (χ0v) is 11.5. The molecule has 0 heterocycles. The third-order valence-corrected chi connectivity index (χ3v) is 3.99. The second kappa shape index (κ2) is 6.61. The summed E-state index contributed by atoms with van der Waals surface area (Å²) in [4.78, 5) is 2.51. The third-order valence-electron chi connectivity index (χ3n) is 3.99. The second-order valence-corrected chi connectivity index (χ2v) is 6.38. The van der Waals surface area contributed by atoms with Crippen LogP contribution >= 0.6 is 0 Å². The molecule has 0 saturated heterocycles. The van der Waals surface area contributed by atoms with Crippen molar-refractivity contribution in [2.24, 2.45) is 17.1 Å². The summed E-state index contributed by atoms with van der Waals surface area (Å²) in [6.45, 7) is 7.93. The average molecular weight is 226 g/mol. The lowest BCUT2D eigenvalue weighted by Crippen LogP contribution is -2.30. The van der Waals surface area contributed by atoms with Crippen LogP contribution in [-0.2, 0) is 0 Å². The second-order valence-electron chi connectivity index (χ2n) is 6.38. The van der Waals surface area contributed by atoms with Crippen LogP contribution in [0.5, 0.6) is 0 Å². The monoisotopic (exact) mass is 226 g/mol. The Balaban J connectivity index is 1.97. The molecule has 0 radical (unpaired) electrons. The van der Waals surface area contributed by atoms with Gasteiger partial charge in [-0.1, -0.05) is 26.7 Å². The van der Waals surface area contributed by atoms with Crippen molar-refractivity contribution in [1.29, 1.82) is 0 Å². The minimum atomic E-state index is 0.340. The number of rotatable bonds is 8. The lowest BCUT2D eigenvalue weighted by molar-refractivity contribution is 0.200. The van der Waals surface area contributed by atoms with Crippen LogP contribution in [0.4, 0.5) is 0 Å². The van der Waals surface area contributed by atoms with Gasteiger partial charge >= 0.3 is 0 Å². The zero-order chi connectivity index (χ0) is 12.0. The van der Waals surface area contributed by atoms with Crippen molar-refractivity contribution >= 4 is 0 Å². The summed E-state index contributed by atoms with van der Waals surface area (Å²) in [5, 5.41) is 0. The van der Waals surface area contributed by atoms with Crippen molar-refractivity contribution in [1.82, 2.24) is 4.90 Å². The van der Waals surface area contributed by atoms with Crippen molar-refractivity contribution in [2.75, 3.05) is 26.7 Å². The van der Waals surface area contributed by atoms with Gasteiger partial charge in [0.25, 0.3) is 0 Å². The fraction of sp³-hybridized carbons (Fsp3) is 1.00. The molecule has 0 aromatic heterocycles. The maximum atomic E-state index is 5.73. The Bertz CT molecular complexity index is 185. The van der Waals surface area contributed by atoms with Gasteiger partial charge in [-0.15, -0.1) is 0 Å². The number of nitrogens with zero attached hydrogens (tertiary/aromatic N) is 1. The smallest absolute Gasteiger partial charge is 0.000661 e. The molecule has 2 heteroatoms. The van der Waals surface area contributed by atoms with Crippen LogP contribution in [0.15, 0.2) is 0 Å². The van der Waals surface area contributed by atoms with E-state index in [9.17, 15) is 0 Å². The van der Waals surface area contributed by atoms with Crippen LogP contribution in [0.2, 0.25) is 0 Å². The molecule has 1 aliphatic carbocycles. The van der Waals surface area contributed by atoms with E-state index in [0.717, 1.165) is 12.5 Å². The summed E-state index contributed by atoms with van der Waals surface area (Å²) in [5.74, 6) is 1.01. The van der Waals surface area contributed by atoms with Crippen molar-refractivity contribution in [3.8, 4) is 0 Å². The molecular weight excluding hydrogens is 196 g/mol. The Labute approximate surface area is 102 Å². The third kappa shape index (κ3) is 5.31. The topological polar surface area (TPSA) is 29.3 Å². The van der Waals surface area contributed by atoms with E-state index in [1.54, 1.807) is 0 Å². The van der Waals surface area contributed by atoms with E-state index in [1.165, 1.54) is 51.6 Å². The molecule has 0 bridgehead atoms. The van der Waals surface area contributed by atoms with E-state index in [2.05, 4.69) is 25.8 Å². The minimum Gasteiger partial charge on any atom is -0.330 e. The van der Waals surface area contributed by atoms with Crippen molar-refractivity contribution in [3.63, 3.8) is 0 Å². The first-order valence-corrected chi connectivity index (χ1v) is 6.92. The highest BCUT2D eigenvalue weighted by atomic mass is 15.1. The lowest BCUT2D eigenvalue weighted by atomic mass is 9.85. The molecule has 96 valence electrons. The van der Waals surface area contributed by atoms with Crippen LogP contribution in [-0.4, -0.2) is 31.6 Å². The number of unbranched alkanes of at least 4 members (excludes halogenated alkanes) is 1. The molecule has 16 heavy (non-hydrogen) atoms. The molecule has 0 unspecified atom stereocenters. The van der Waals surface area contributed by atoms with Crippen LogP contribution in [0.25, 0.3) is 0 Å². The molecule has 0 spiro atoms. The van der Waals surface area contributed by atoms with Gasteiger partial charge in [0.2, 0.25) is 0 Å². The van der Waals surface area contributed by atoms with Gasteiger partial charge in [-0.05, 0) is 57.2 Å². The van der Waals surface area contributed by atoms with Gasteiger partial charge in [0, 0.05) is 6.54 Å². The molecule has 0 aromatic rings. The normalized spacial score (nSPS) is 17.8. The highest BCUT2D eigenvalue weighted by Gasteiger charge is 2.19. The SMILES string of the molecule is CN(CCCCC(C)(C)CN)CC1CCC1. The van der Waals surface area contributed by atoms with E-state index in [4.69, 9.17) is 5.73 Å². The Morgan fingerprint density at radius 3 is 2.44 bits per heavy atom. The van der Waals surface area contributed by atoms with Crippen molar-refractivity contribution < 1.29 is 0 Å². The Hall–Kier alpha value is -0.0800. The van der Waals surface area contributed by atoms with Gasteiger partial charge in [-0.25, -0.2) is 0 Å². The Morgan fingerprint density at radius 1 is 1.25 bits per heavy atom. The summed E-state index contributed by atoms with van der Waals surface area (Å²) >= 11 is 0. The summed E-state index contributed by atoms with van der Waals surface area (Å²) in [5.41, 5.74) is 6.07. The molecule has 1 saturated carbocycles. The predicted octanol–water partition coefficient (Wildman–Crippen LogP) is 2.87. The standard InChI is InChI=1S/C14H30N2/c1-14(2,12-15)9-4-5-10-16(3)11-13-7-6-8-13/h13H,4-12,15H2,1-3H3. The van der Waals surface area contributed by atoms with Crippen LogP contribution < -0.4 is 5.73 Å². The van der Waals surface area contributed by atoms with Crippen molar-refractivity contribution in [2.45, 2.75) is 52.4 Å². The predicted molar refractivity (Wildman–Crippen MR) is 71.5 cm³/mol. The number of hydrogen-bond donors (Lipinski definition) is 1. The zero-order valence-electron chi connectivity index (χ0n) is 11.5. The first kappa shape index (κ1) is 14.0. The van der Waals surface area contributed by atoms with E-state index in [-0.39, 0.29) is 0 Å². The van der Waals surface area contributed by atoms with Crippen LogP contribution in [0.3, 0.4) is 0 Å². The molecule has 1 rings (SSSR count). The average Bonchev–Trinajstić information content (AvgIpc) is 2.19. The van der Waals surface area contributed by atoms with E-state index >= 15 is 0 Å². The highest BCUT2D eigenvalue weighted by Crippen LogP contribution is 2.27. The molecule has 0 aliphatic heterocycles. The van der Waals surface area contributed by atoms with Gasteiger partial charge in [-0.2, -0.15) is 0 Å². The van der Waals surface area contributed by atoms with Gasteiger partial charge < -0.3 is 10.6 Å². The van der Waals surface area contributed by atoms with Crippen LogP contribution in [0, 0.1) is 11.3 Å². The Morgan fingerprint density at radius 2 is 1.94 bits per heavy atom. The summed E-state index contributed by atoms with van der Waals surface area (Å²) in [6, 6.07) is 0. The molecule has 0 aromatic carbocycles. The van der Waals surface area contributed by atoms with E-state index in [0.29, 0.717) is 5.41 Å². The molecule has 2 N–H and O–H groups in total. The number of nitrogens with two attached hydrogens (primary N) is 1. The minimum absolute atomic E-state index is 0.340. The number of hydrogen-bond acceptors (Lipinski definition) is 2. The fourth-order valence-electron chi connectivity index (χ4n) is 2.29.